The molecule has 0 saturated carbocycles. The van der Waals surface area contributed by atoms with Crippen molar-refractivity contribution in [3.63, 3.8) is 0 Å². The van der Waals surface area contributed by atoms with Gasteiger partial charge in [-0.3, -0.25) is 4.79 Å². The Labute approximate surface area is 188 Å². The predicted octanol–water partition coefficient (Wildman–Crippen LogP) is 5.79. The Morgan fingerprint density at radius 2 is 1.62 bits per heavy atom. The van der Waals surface area contributed by atoms with E-state index in [2.05, 4.69) is 5.32 Å². The number of amides is 1. The van der Waals surface area contributed by atoms with Crippen molar-refractivity contribution in [1.29, 1.82) is 0 Å². The van der Waals surface area contributed by atoms with E-state index in [-0.39, 0.29) is 11.9 Å². The summed E-state index contributed by atoms with van der Waals surface area (Å²) < 4.78 is 11.3. The van der Waals surface area contributed by atoms with E-state index in [1.165, 1.54) is 6.92 Å². The Hall–Kier alpha value is -3.80. The van der Waals surface area contributed by atoms with Gasteiger partial charge in [-0.05, 0) is 81.3 Å². The van der Waals surface area contributed by atoms with Crippen molar-refractivity contribution in [1.82, 2.24) is 0 Å². The highest BCUT2D eigenvalue weighted by Crippen LogP contribution is 2.42. The second-order valence-corrected chi connectivity index (χ2v) is 7.74. The van der Waals surface area contributed by atoms with Crippen molar-refractivity contribution in [3.05, 3.63) is 70.8 Å². The molecule has 0 saturated heterocycles. The molecule has 1 amide bonds. The lowest BCUT2D eigenvalue weighted by Gasteiger charge is -2.19. The number of benzene rings is 3. The van der Waals surface area contributed by atoms with Crippen LogP contribution >= 0.6 is 0 Å². The van der Waals surface area contributed by atoms with Crippen molar-refractivity contribution >= 4 is 23.3 Å². The van der Waals surface area contributed by atoms with Crippen LogP contribution in [0.15, 0.2) is 48.5 Å². The first-order valence-electron chi connectivity index (χ1n) is 10.4. The number of nitrogens with two attached hydrogens (primary N) is 1. The maximum Gasteiger partial charge on any atom is 0.338 e. The van der Waals surface area contributed by atoms with Crippen LogP contribution in [-0.2, 0) is 9.53 Å². The lowest BCUT2D eigenvalue weighted by atomic mass is 9.95. The summed E-state index contributed by atoms with van der Waals surface area (Å²) in [6.07, 6.45) is 0. The van der Waals surface area contributed by atoms with Crippen LogP contribution in [0.5, 0.6) is 11.5 Å². The first-order chi connectivity index (χ1) is 15.2. The number of rotatable bonds is 6. The highest BCUT2D eigenvalue weighted by atomic mass is 16.5. The van der Waals surface area contributed by atoms with Gasteiger partial charge in [-0.25, -0.2) is 4.79 Å². The zero-order chi connectivity index (χ0) is 23.4. The van der Waals surface area contributed by atoms with E-state index in [0.29, 0.717) is 35.0 Å². The van der Waals surface area contributed by atoms with Crippen LogP contribution < -0.4 is 15.8 Å². The van der Waals surface area contributed by atoms with Crippen LogP contribution in [0.25, 0.3) is 11.1 Å². The molecule has 0 aromatic heterocycles. The third-order valence-electron chi connectivity index (χ3n) is 5.00. The van der Waals surface area contributed by atoms with Crippen molar-refractivity contribution in [2.75, 3.05) is 17.7 Å². The van der Waals surface area contributed by atoms with Gasteiger partial charge in [-0.1, -0.05) is 11.6 Å². The molecule has 0 radical (unpaired) electrons. The number of esters is 1. The highest BCUT2D eigenvalue weighted by Gasteiger charge is 2.17. The number of ether oxygens (including phenoxy) is 2. The summed E-state index contributed by atoms with van der Waals surface area (Å²) in [4.78, 5) is 23.6. The minimum absolute atomic E-state index is 0.160. The smallest absolute Gasteiger partial charge is 0.338 e. The number of anilines is 2. The van der Waals surface area contributed by atoms with E-state index >= 15 is 0 Å². The summed E-state index contributed by atoms with van der Waals surface area (Å²) in [7, 11) is 0. The minimum atomic E-state index is -0.376. The van der Waals surface area contributed by atoms with Gasteiger partial charge in [-0.2, -0.15) is 0 Å². The summed E-state index contributed by atoms with van der Waals surface area (Å²) in [6, 6.07) is 14.5. The molecule has 3 N–H and O–H groups in total. The van der Waals surface area contributed by atoms with Crippen molar-refractivity contribution in [2.24, 2.45) is 0 Å². The van der Waals surface area contributed by atoms with Crippen LogP contribution in [0.3, 0.4) is 0 Å². The van der Waals surface area contributed by atoms with Gasteiger partial charge in [0.1, 0.15) is 11.5 Å². The second-order valence-electron chi connectivity index (χ2n) is 7.74. The van der Waals surface area contributed by atoms with E-state index in [4.69, 9.17) is 15.2 Å². The Morgan fingerprint density at radius 1 is 0.938 bits per heavy atom. The first kappa shape index (κ1) is 22.9. The minimum Gasteiger partial charge on any atom is -0.462 e. The normalized spacial score (nSPS) is 10.5. The third kappa shape index (κ3) is 5.09. The molecule has 3 aromatic rings. The number of carbonyl (C=O) groups is 2. The summed E-state index contributed by atoms with van der Waals surface area (Å²) in [6.45, 7) is 9.44. The number of hydrogen-bond acceptors (Lipinski definition) is 5. The second kappa shape index (κ2) is 9.56. The molecule has 0 atom stereocenters. The number of nitrogens with one attached hydrogen (secondary N) is 1. The molecule has 166 valence electrons. The first-order valence-corrected chi connectivity index (χ1v) is 10.4. The molecule has 3 aromatic carbocycles. The fourth-order valence-electron chi connectivity index (χ4n) is 3.58. The van der Waals surface area contributed by atoms with Crippen LogP contribution in [-0.4, -0.2) is 18.5 Å². The number of hydrogen-bond donors (Lipinski definition) is 2. The van der Waals surface area contributed by atoms with Gasteiger partial charge in [0, 0.05) is 29.4 Å². The van der Waals surface area contributed by atoms with Crippen LogP contribution in [0.1, 0.15) is 40.9 Å². The van der Waals surface area contributed by atoms with E-state index in [1.807, 2.05) is 45.0 Å². The quantitative estimate of drug-likeness (QED) is 0.380. The van der Waals surface area contributed by atoms with Crippen LogP contribution in [0, 0.1) is 20.8 Å². The Morgan fingerprint density at radius 3 is 2.25 bits per heavy atom. The van der Waals surface area contributed by atoms with E-state index < -0.39 is 0 Å². The number of aryl methyl sites for hydroxylation is 3. The zero-order valence-corrected chi connectivity index (χ0v) is 19.0. The topological polar surface area (TPSA) is 90.6 Å². The SMILES string of the molecule is CCOC(=O)c1ccc(Oc2c(C)cc(NC(C)=O)cc2-c2cc(C)cc(C)c2N)cc1. The Kier molecular flexibility index (Phi) is 6.83. The van der Waals surface area contributed by atoms with Gasteiger partial charge < -0.3 is 20.5 Å². The van der Waals surface area contributed by atoms with E-state index in [0.717, 1.165) is 27.8 Å². The van der Waals surface area contributed by atoms with Gasteiger partial charge in [0.2, 0.25) is 5.91 Å². The zero-order valence-electron chi connectivity index (χ0n) is 19.0. The van der Waals surface area contributed by atoms with Crippen molar-refractivity contribution in [3.8, 4) is 22.6 Å². The maximum atomic E-state index is 11.9. The standard InChI is InChI=1S/C26H28N2O4/c1-6-31-26(30)19-7-9-21(10-8-19)32-25-17(4)13-20(28-18(5)29)14-23(25)22-12-15(2)11-16(3)24(22)27/h7-14H,6,27H2,1-5H3,(H,28,29). The van der Waals surface area contributed by atoms with Crippen LogP contribution in [0.2, 0.25) is 0 Å². The molecule has 0 spiro atoms. The number of nitrogen functional groups attached to an aromatic ring is 1. The lowest BCUT2D eigenvalue weighted by Crippen LogP contribution is -2.07. The average Bonchev–Trinajstić information content (AvgIpc) is 2.72. The molecular weight excluding hydrogens is 404 g/mol. The molecule has 0 aliphatic rings. The van der Waals surface area contributed by atoms with Gasteiger partial charge in [0.25, 0.3) is 0 Å². The van der Waals surface area contributed by atoms with E-state index in [1.54, 1.807) is 31.2 Å². The van der Waals surface area contributed by atoms with Gasteiger partial charge in [0.05, 0.1) is 12.2 Å². The third-order valence-corrected chi connectivity index (χ3v) is 5.00. The van der Waals surface area contributed by atoms with Gasteiger partial charge in [-0.15, -0.1) is 0 Å². The largest absolute Gasteiger partial charge is 0.462 e. The molecule has 0 aliphatic carbocycles. The molecule has 0 unspecified atom stereocenters. The van der Waals surface area contributed by atoms with Crippen molar-refractivity contribution < 1.29 is 19.1 Å². The highest BCUT2D eigenvalue weighted by molar-refractivity contribution is 5.92. The predicted molar refractivity (Wildman–Crippen MR) is 127 cm³/mol. The fourth-order valence-corrected chi connectivity index (χ4v) is 3.58. The van der Waals surface area contributed by atoms with E-state index in [9.17, 15) is 9.59 Å². The summed E-state index contributed by atoms with van der Waals surface area (Å²) in [5.74, 6) is 0.655. The molecule has 6 nitrogen and oxygen atoms in total. The van der Waals surface area contributed by atoms with Crippen LogP contribution in [0.4, 0.5) is 11.4 Å². The summed E-state index contributed by atoms with van der Waals surface area (Å²) >= 11 is 0. The lowest BCUT2D eigenvalue weighted by molar-refractivity contribution is -0.114. The molecule has 0 fully saturated rings. The molecule has 0 aliphatic heterocycles. The molecular formula is C26H28N2O4. The average molecular weight is 433 g/mol. The maximum absolute atomic E-state index is 11.9. The van der Waals surface area contributed by atoms with Crippen molar-refractivity contribution in [2.45, 2.75) is 34.6 Å². The fraction of sp³-hybridized carbons (Fsp3) is 0.231. The summed E-state index contributed by atoms with van der Waals surface area (Å²) in [5, 5.41) is 2.84. The Balaban J connectivity index is 2.09. The van der Waals surface area contributed by atoms with Gasteiger partial charge in [0.15, 0.2) is 0 Å². The molecule has 0 heterocycles. The van der Waals surface area contributed by atoms with Gasteiger partial charge >= 0.3 is 5.97 Å². The Bertz CT molecular complexity index is 1170. The molecule has 0 bridgehead atoms. The molecule has 3 rings (SSSR count). The monoisotopic (exact) mass is 432 g/mol. The molecule has 32 heavy (non-hydrogen) atoms. The molecule has 6 heteroatoms. The number of carbonyl (C=O) groups excluding carboxylic acids is 2. The summed E-state index contributed by atoms with van der Waals surface area (Å²) in [5.41, 5.74) is 12.7.